The number of nitrogens with zero attached hydrogens (tertiary/aromatic N) is 1. The normalized spacial score (nSPS) is 15.6. The molecule has 1 saturated heterocycles. The van der Waals surface area contributed by atoms with Crippen LogP contribution in [0.3, 0.4) is 0 Å². The summed E-state index contributed by atoms with van der Waals surface area (Å²) >= 11 is 0. The van der Waals surface area contributed by atoms with Crippen molar-refractivity contribution < 1.29 is 18.0 Å². The molecule has 0 saturated carbocycles. The fourth-order valence-electron chi connectivity index (χ4n) is 2.04. The molecule has 7 heteroatoms. The Morgan fingerprint density at radius 2 is 1.75 bits per heavy atom. The van der Waals surface area contributed by atoms with Gasteiger partial charge >= 0.3 is 0 Å². The summed E-state index contributed by atoms with van der Waals surface area (Å²) in [5.74, 6) is -0.411. The van der Waals surface area contributed by atoms with Gasteiger partial charge < -0.3 is 10.2 Å². The molecule has 1 aliphatic heterocycles. The average molecular weight is 296 g/mol. The first-order valence-corrected chi connectivity index (χ1v) is 8.03. The summed E-state index contributed by atoms with van der Waals surface area (Å²) in [7, 11) is -1.69. The Morgan fingerprint density at radius 3 is 2.20 bits per heavy atom. The van der Waals surface area contributed by atoms with Crippen LogP contribution in [0.15, 0.2) is 29.2 Å². The van der Waals surface area contributed by atoms with Gasteiger partial charge in [0.2, 0.25) is 5.91 Å². The van der Waals surface area contributed by atoms with E-state index in [1.807, 2.05) is 0 Å². The highest BCUT2D eigenvalue weighted by molar-refractivity contribution is 7.90. The van der Waals surface area contributed by atoms with Crippen molar-refractivity contribution in [2.24, 2.45) is 5.92 Å². The second kappa shape index (κ2) is 5.24. The number of likely N-dealkylation sites (tertiary alicyclic amines) is 1. The van der Waals surface area contributed by atoms with E-state index in [1.165, 1.54) is 24.3 Å². The number of nitrogens with one attached hydrogen (secondary N) is 1. The van der Waals surface area contributed by atoms with E-state index in [0.29, 0.717) is 18.7 Å². The monoisotopic (exact) mass is 296 g/mol. The van der Waals surface area contributed by atoms with E-state index in [0.717, 1.165) is 6.26 Å². The molecular formula is C13H16N2O4S. The molecule has 0 atom stereocenters. The van der Waals surface area contributed by atoms with Crippen LogP contribution >= 0.6 is 0 Å². The first-order valence-electron chi connectivity index (χ1n) is 6.14. The smallest absolute Gasteiger partial charge is 0.253 e. The van der Waals surface area contributed by atoms with Crippen LogP contribution in [0, 0.1) is 5.92 Å². The molecule has 0 spiro atoms. The van der Waals surface area contributed by atoms with Gasteiger partial charge in [0.1, 0.15) is 0 Å². The van der Waals surface area contributed by atoms with Crippen molar-refractivity contribution in [3.8, 4) is 0 Å². The van der Waals surface area contributed by atoms with Crippen molar-refractivity contribution in [3.63, 3.8) is 0 Å². The summed E-state index contributed by atoms with van der Waals surface area (Å²) in [4.78, 5) is 25.2. The predicted octanol–water partition coefficient (Wildman–Crippen LogP) is -0.0919. The zero-order chi connectivity index (χ0) is 14.9. The number of hydrogen-bond acceptors (Lipinski definition) is 4. The van der Waals surface area contributed by atoms with E-state index < -0.39 is 9.84 Å². The van der Waals surface area contributed by atoms with E-state index >= 15 is 0 Å². The molecule has 1 aromatic carbocycles. The summed E-state index contributed by atoms with van der Waals surface area (Å²) < 4.78 is 22.7. The van der Waals surface area contributed by atoms with E-state index in [-0.39, 0.29) is 22.6 Å². The molecule has 1 aromatic rings. The fourth-order valence-corrected chi connectivity index (χ4v) is 2.67. The Kier molecular flexibility index (Phi) is 3.80. The topological polar surface area (TPSA) is 83.6 Å². The van der Waals surface area contributed by atoms with Gasteiger partial charge in [-0.1, -0.05) is 0 Å². The summed E-state index contributed by atoms with van der Waals surface area (Å²) in [6.07, 6.45) is 1.12. The summed E-state index contributed by atoms with van der Waals surface area (Å²) in [5, 5.41) is 2.55. The third-order valence-corrected chi connectivity index (χ3v) is 4.44. The van der Waals surface area contributed by atoms with Crippen molar-refractivity contribution in [2.45, 2.75) is 4.90 Å². The minimum Gasteiger partial charge on any atom is -0.359 e. The highest BCUT2D eigenvalue weighted by Gasteiger charge is 2.35. The summed E-state index contributed by atoms with van der Waals surface area (Å²) in [5.41, 5.74) is 0.424. The Hall–Kier alpha value is -1.89. The van der Waals surface area contributed by atoms with Crippen LogP contribution in [-0.4, -0.2) is 51.5 Å². The van der Waals surface area contributed by atoms with Gasteiger partial charge in [0, 0.05) is 32.0 Å². The molecule has 2 amide bonds. The number of amides is 2. The second-order valence-corrected chi connectivity index (χ2v) is 6.83. The fraction of sp³-hybridized carbons (Fsp3) is 0.385. The minimum atomic E-state index is -3.26. The highest BCUT2D eigenvalue weighted by atomic mass is 32.2. The highest BCUT2D eigenvalue weighted by Crippen LogP contribution is 2.19. The summed E-state index contributed by atoms with van der Waals surface area (Å²) in [6, 6.07) is 5.81. The maximum atomic E-state index is 12.1. The lowest BCUT2D eigenvalue weighted by atomic mass is 9.98. The van der Waals surface area contributed by atoms with Gasteiger partial charge in [0.15, 0.2) is 9.84 Å². The van der Waals surface area contributed by atoms with E-state index in [2.05, 4.69) is 5.32 Å². The molecule has 0 aromatic heterocycles. The SMILES string of the molecule is CNC(=O)C1CN(C(=O)c2ccc(S(C)(=O)=O)cc2)C1. The molecule has 1 aliphatic rings. The molecule has 1 fully saturated rings. The Balaban J connectivity index is 2.03. The number of carbonyl (C=O) groups excluding carboxylic acids is 2. The van der Waals surface area contributed by atoms with Gasteiger partial charge in [-0.3, -0.25) is 9.59 Å². The van der Waals surface area contributed by atoms with Crippen LogP contribution in [0.2, 0.25) is 0 Å². The molecule has 1 heterocycles. The van der Waals surface area contributed by atoms with E-state index in [4.69, 9.17) is 0 Å². The Bertz CT molecular complexity index is 631. The van der Waals surface area contributed by atoms with Crippen LogP contribution in [0.4, 0.5) is 0 Å². The molecule has 20 heavy (non-hydrogen) atoms. The van der Waals surface area contributed by atoms with E-state index in [1.54, 1.807) is 11.9 Å². The number of benzene rings is 1. The van der Waals surface area contributed by atoms with Gasteiger partial charge in [0.05, 0.1) is 10.8 Å². The molecule has 2 rings (SSSR count). The zero-order valence-corrected chi connectivity index (χ0v) is 12.1. The zero-order valence-electron chi connectivity index (χ0n) is 11.3. The van der Waals surface area contributed by atoms with Gasteiger partial charge in [-0.25, -0.2) is 8.42 Å². The molecule has 1 N–H and O–H groups in total. The van der Waals surface area contributed by atoms with Crippen molar-refractivity contribution >= 4 is 21.7 Å². The second-order valence-electron chi connectivity index (χ2n) is 4.82. The number of hydrogen-bond donors (Lipinski definition) is 1. The van der Waals surface area contributed by atoms with Gasteiger partial charge in [-0.2, -0.15) is 0 Å². The molecule has 0 radical (unpaired) electrons. The molecule has 0 bridgehead atoms. The minimum absolute atomic E-state index is 0.0681. The lowest BCUT2D eigenvalue weighted by molar-refractivity contribution is -0.128. The average Bonchev–Trinajstić information content (AvgIpc) is 2.35. The van der Waals surface area contributed by atoms with E-state index in [9.17, 15) is 18.0 Å². The van der Waals surface area contributed by atoms with Crippen LogP contribution < -0.4 is 5.32 Å². The van der Waals surface area contributed by atoms with Gasteiger partial charge in [0.25, 0.3) is 5.91 Å². The van der Waals surface area contributed by atoms with Crippen LogP contribution in [0.1, 0.15) is 10.4 Å². The molecule has 0 aliphatic carbocycles. The molecule has 0 unspecified atom stereocenters. The van der Waals surface area contributed by atoms with Gasteiger partial charge in [-0.15, -0.1) is 0 Å². The first kappa shape index (κ1) is 14.5. The predicted molar refractivity (Wildman–Crippen MR) is 73.0 cm³/mol. The van der Waals surface area contributed by atoms with Crippen LogP contribution in [-0.2, 0) is 14.6 Å². The lowest BCUT2D eigenvalue weighted by Gasteiger charge is -2.38. The van der Waals surface area contributed by atoms with Crippen LogP contribution in [0.5, 0.6) is 0 Å². The maximum absolute atomic E-state index is 12.1. The third-order valence-electron chi connectivity index (χ3n) is 3.32. The Morgan fingerprint density at radius 1 is 1.20 bits per heavy atom. The maximum Gasteiger partial charge on any atom is 0.253 e. The molecule has 108 valence electrons. The van der Waals surface area contributed by atoms with Gasteiger partial charge in [-0.05, 0) is 24.3 Å². The van der Waals surface area contributed by atoms with Crippen LogP contribution in [0.25, 0.3) is 0 Å². The first-order chi connectivity index (χ1) is 9.32. The quantitative estimate of drug-likeness (QED) is 0.845. The lowest BCUT2D eigenvalue weighted by Crippen LogP contribution is -2.55. The molecule has 6 nitrogen and oxygen atoms in total. The van der Waals surface area contributed by atoms with Crippen molar-refractivity contribution in [1.29, 1.82) is 0 Å². The van der Waals surface area contributed by atoms with Crippen molar-refractivity contribution in [1.82, 2.24) is 10.2 Å². The largest absolute Gasteiger partial charge is 0.359 e. The number of sulfone groups is 1. The van der Waals surface area contributed by atoms with Crippen molar-refractivity contribution in [3.05, 3.63) is 29.8 Å². The standard InChI is InChI=1S/C13H16N2O4S/c1-14-12(16)10-7-15(8-10)13(17)9-3-5-11(6-4-9)20(2,18)19/h3-6,10H,7-8H2,1-2H3,(H,14,16). The summed E-state index contributed by atoms with van der Waals surface area (Å²) in [6.45, 7) is 0.790. The number of carbonyl (C=O) groups is 2. The molecular weight excluding hydrogens is 280 g/mol. The third kappa shape index (κ3) is 2.82. The number of rotatable bonds is 3. The Labute approximate surface area is 117 Å². The van der Waals surface area contributed by atoms with Crippen molar-refractivity contribution in [2.75, 3.05) is 26.4 Å².